The summed E-state index contributed by atoms with van der Waals surface area (Å²) in [6.45, 7) is 0. The van der Waals surface area contributed by atoms with Gasteiger partial charge in [0.2, 0.25) is 0 Å². The van der Waals surface area contributed by atoms with E-state index in [9.17, 15) is 9.90 Å². The van der Waals surface area contributed by atoms with Crippen molar-refractivity contribution in [2.24, 2.45) is 5.16 Å². The van der Waals surface area contributed by atoms with E-state index in [-0.39, 0.29) is 5.75 Å². The lowest BCUT2D eigenvalue weighted by Crippen LogP contribution is -2.69. The zero-order valence-corrected chi connectivity index (χ0v) is 11.0. The number of carbonyl (C=O) groups is 1. The first kappa shape index (κ1) is 15.6. The maximum absolute atomic E-state index is 10.4. The molecular weight excluding hydrogens is 248 g/mol. The molecule has 0 spiro atoms. The molecule has 4 N–H and O–H groups in total. The Hall–Kier alpha value is -0.400. The van der Waals surface area contributed by atoms with Crippen molar-refractivity contribution in [1.82, 2.24) is 0 Å². The van der Waals surface area contributed by atoms with Crippen LogP contribution in [-0.4, -0.2) is 40.0 Å². The molecule has 0 saturated heterocycles. The molecule has 0 aliphatic heterocycles. The first-order valence-electron chi connectivity index (χ1n) is 4.98. The molecule has 0 heterocycles. The molecule has 0 aliphatic rings. The fourth-order valence-electron chi connectivity index (χ4n) is 0.938. The lowest BCUT2D eigenvalue weighted by atomic mass is 10.3. The number of carboxylic acid groups (broad SMARTS) is 1. The van der Waals surface area contributed by atoms with Crippen molar-refractivity contribution >= 4 is 34.5 Å². The minimum atomic E-state index is -1.17. The van der Waals surface area contributed by atoms with E-state index in [1.807, 2.05) is 6.26 Å². The van der Waals surface area contributed by atoms with E-state index in [4.69, 9.17) is 5.21 Å². The number of nitrogens with zero attached hydrogens (tertiary/aromatic N) is 1. The van der Waals surface area contributed by atoms with Gasteiger partial charge in [-0.2, -0.15) is 11.8 Å². The summed E-state index contributed by atoms with van der Waals surface area (Å²) in [7, 11) is 0. The number of quaternary nitrogens is 1. The summed E-state index contributed by atoms with van der Waals surface area (Å²) in [6.07, 6.45) is 4.74. The van der Waals surface area contributed by atoms with E-state index >= 15 is 0 Å². The molecule has 7 heteroatoms. The van der Waals surface area contributed by atoms with Crippen LogP contribution in [0.25, 0.3) is 0 Å². The molecule has 0 bridgehead atoms. The molecule has 0 amide bonds. The first-order chi connectivity index (χ1) is 7.61. The van der Waals surface area contributed by atoms with Crippen LogP contribution >= 0.6 is 23.5 Å². The van der Waals surface area contributed by atoms with Crippen molar-refractivity contribution in [3.8, 4) is 0 Å². The third kappa shape index (κ3) is 7.84. The molecule has 16 heavy (non-hydrogen) atoms. The van der Waals surface area contributed by atoms with E-state index < -0.39 is 12.0 Å². The van der Waals surface area contributed by atoms with Gasteiger partial charge in [0.1, 0.15) is 11.1 Å². The smallest absolute Gasteiger partial charge is 0.134 e. The number of thioether (sulfide) groups is 2. The molecule has 0 aromatic heterocycles. The van der Waals surface area contributed by atoms with Crippen LogP contribution in [0.3, 0.4) is 0 Å². The van der Waals surface area contributed by atoms with Gasteiger partial charge in [-0.15, -0.1) is 11.8 Å². The number of hydrogen-bond acceptors (Lipinski definition) is 6. The zero-order chi connectivity index (χ0) is 12.4. The highest BCUT2D eigenvalue weighted by Gasteiger charge is 2.10. The second-order valence-electron chi connectivity index (χ2n) is 3.27. The maximum atomic E-state index is 10.4. The molecular formula is C9H18N2O3S2. The van der Waals surface area contributed by atoms with Crippen LogP contribution in [0.2, 0.25) is 0 Å². The van der Waals surface area contributed by atoms with Gasteiger partial charge in [-0.25, -0.2) is 0 Å². The minimum Gasteiger partial charge on any atom is -0.544 e. The summed E-state index contributed by atoms with van der Waals surface area (Å²) in [6, 6.07) is -0.770. The normalized spacial score (nSPS) is 13.8. The summed E-state index contributed by atoms with van der Waals surface area (Å²) in [5, 5.41) is 22.8. The molecule has 1 atom stereocenters. The lowest BCUT2D eigenvalue weighted by Gasteiger charge is -2.09. The molecule has 0 radical (unpaired) electrons. The number of hydrogen-bond donors (Lipinski definition) is 2. The third-order valence-electron chi connectivity index (χ3n) is 1.89. The molecule has 0 rings (SSSR count). The van der Waals surface area contributed by atoms with Gasteiger partial charge >= 0.3 is 0 Å². The molecule has 0 aliphatic carbocycles. The van der Waals surface area contributed by atoms with Crippen LogP contribution in [-0.2, 0) is 4.79 Å². The van der Waals surface area contributed by atoms with Crippen LogP contribution in [0.15, 0.2) is 5.16 Å². The Labute approximate surface area is 104 Å². The fraction of sp³-hybridized carbons (Fsp3) is 0.778. The van der Waals surface area contributed by atoms with Crippen LogP contribution in [0.4, 0.5) is 0 Å². The fourth-order valence-corrected chi connectivity index (χ4v) is 2.31. The van der Waals surface area contributed by atoms with Gasteiger partial charge in [-0.05, 0) is 31.3 Å². The minimum absolute atomic E-state index is 0.282. The average molecular weight is 266 g/mol. The topological polar surface area (TPSA) is 100 Å². The summed E-state index contributed by atoms with van der Waals surface area (Å²) in [5.74, 6) is 0.192. The Morgan fingerprint density at radius 1 is 1.56 bits per heavy atom. The standard InChI is InChI=1S/C9H18N2O3S2/c1-15-5-3-2-4-8(11-14)16-6-7(10)9(12)13/h7,14H,2-6,10H2,1H3,(H,12,13)/b11-8+/t7-/m0/s1. The molecule has 94 valence electrons. The summed E-state index contributed by atoms with van der Waals surface area (Å²) in [4.78, 5) is 10.4. The van der Waals surface area contributed by atoms with E-state index in [0.29, 0.717) is 11.5 Å². The number of rotatable bonds is 8. The summed E-state index contributed by atoms with van der Waals surface area (Å²) < 4.78 is 0. The molecule has 0 aromatic carbocycles. The van der Waals surface area contributed by atoms with Gasteiger partial charge in [0.05, 0.1) is 11.7 Å². The lowest BCUT2D eigenvalue weighted by molar-refractivity contribution is -0.431. The van der Waals surface area contributed by atoms with Crippen LogP contribution in [0.1, 0.15) is 19.3 Å². The number of carboxylic acids is 1. The quantitative estimate of drug-likeness (QED) is 0.201. The zero-order valence-electron chi connectivity index (χ0n) is 9.35. The summed E-state index contributed by atoms with van der Waals surface area (Å²) in [5.41, 5.74) is 3.43. The van der Waals surface area contributed by atoms with Gasteiger partial charge in [-0.1, -0.05) is 5.16 Å². The van der Waals surface area contributed by atoms with Gasteiger partial charge in [0.25, 0.3) is 0 Å². The average Bonchev–Trinajstić information content (AvgIpc) is 2.27. The highest BCUT2D eigenvalue weighted by Crippen LogP contribution is 2.12. The van der Waals surface area contributed by atoms with Gasteiger partial charge in [-0.3, -0.25) is 0 Å². The Kier molecular flexibility index (Phi) is 9.55. The van der Waals surface area contributed by atoms with Gasteiger partial charge < -0.3 is 20.8 Å². The van der Waals surface area contributed by atoms with E-state index in [1.165, 1.54) is 11.8 Å². The van der Waals surface area contributed by atoms with Crippen molar-refractivity contribution in [2.75, 3.05) is 17.8 Å². The highest BCUT2D eigenvalue weighted by molar-refractivity contribution is 8.14. The van der Waals surface area contributed by atoms with Crippen molar-refractivity contribution in [3.05, 3.63) is 0 Å². The van der Waals surface area contributed by atoms with Crippen molar-refractivity contribution < 1.29 is 20.8 Å². The number of oxime groups is 1. The largest absolute Gasteiger partial charge is 0.544 e. The second kappa shape index (κ2) is 9.80. The van der Waals surface area contributed by atoms with E-state index in [0.717, 1.165) is 18.6 Å². The Morgan fingerprint density at radius 3 is 2.75 bits per heavy atom. The van der Waals surface area contributed by atoms with Gasteiger partial charge in [0.15, 0.2) is 0 Å². The Bertz CT molecular complexity index is 237. The Morgan fingerprint density at radius 2 is 2.25 bits per heavy atom. The summed E-state index contributed by atoms with van der Waals surface area (Å²) >= 11 is 3.00. The molecule has 0 fully saturated rings. The van der Waals surface area contributed by atoms with Crippen LogP contribution in [0, 0.1) is 0 Å². The SMILES string of the molecule is CSCCCC/C(=N\O)SC[C@H]([NH3+])C(=O)[O-]. The monoisotopic (exact) mass is 266 g/mol. The number of carbonyl (C=O) groups excluding carboxylic acids is 1. The molecule has 0 unspecified atom stereocenters. The maximum Gasteiger partial charge on any atom is 0.134 e. The van der Waals surface area contributed by atoms with Crippen molar-refractivity contribution in [1.29, 1.82) is 0 Å². The highest BCUT2D eigenvalue weighted by atomic mass is 32.2. The van der Waals surface area contributed by atoms with Crippen LogP contribution in [0.5, 0.6) is 0 Å². The third-order valence-corrected chi connectivity index (χ3v) is 3.77. The van der Waals surface area contributed by atoms with Crippen LogP contribution < -0.4 is 10.8 Å². The Balaban J connectivity index is 3.72. The predicted octanol–water partition coefficient (Wildman–Crippen LogP) is -0.599. The molecule has 0 aromatic rings. The first-order valence-corrected chi connectivity index (χ1v) is 7.36. The predicted molar refractivity (Wildman–Crippen MR) is 65.6 cm³/mol. The van der Waals surface area contributed by atoms with Crippen molar-refractivity contribution in [3.63, 3.8) is 0 Å². The second-order valence-corrected chi connectivity index (χ2v) is 5.35. The number of unbranched alkanes of at least 4 members (excludes halogenated alkanes) is 1. The number of aliphatic carboxylic acids is 1. The van der Waals surface area contributed by atoms with E-state index in [2.05, 4.69) is 10.9 Å². The van der Waals surface area contributed by atoms with Gasteiger partial charge in [0, 0.05) is 0 Å². The molecule has 5 nitrogen and oxygen atoms in total. The van der Waals surface area contributed by atoms with Crippen molar-refractivity contribution in [2.45, 2.75) is 25.3 Å². The van der Waals surface area contributed by atoms with E-state index in [1.54, 1.807) is 11.8 Å². The molecule has 0 saturated carbocycles.